The molecule has 1 heteroatoms. The third kappa shape index (κ3) is 2.25. The van der Waals surface area contributed by atoms with Gasteiger partial charge >= 0.3 is 0 Å². The molecule has 0 unspecified atom stereocenters. The molecule has 0 amide bonds. The lowest BCUT2D eigenvalue weighted by molar-refractivity contribution is 0.420. The van der Waals surface area contributed by atoms with Gasteiger partial charge in [0.05, 0.1) is 0 Å². The third-order valence-corrected chi connectivity index (χ3v) is 2.03. The summed E-state index contributed by atoms with van der Waals surface area (Å²) in [6, 6.07) is 0. The summed E-state index contributed by atoms with van der Waals surface area (Å²) in [6.07, 6.45) is 9.07. The van der Waals surface area contributed by atoms with E-state index in [9.17, 15) is 0 Å². The highest BCUT2D eigenvalue weighted by Crippen LogP contribution is 2.23. The Morgan fingerprint density at radius 1 is 1.11 bits per heavy atom. The fourth-order valence-corrected chi connectivity index (χ4v) is 1.48. The van der Waals surface area contributed by atoms with Crippen LogP contribution in [0.4, 0.5) is 0 Å². The molecular weight excluding hydrogens is 107 g/mol. The van der Waals surface area contributed by atoms with Gasteiger partial charge < -0.3 is 0 Å². The van der Waals surface area contributed by atoms with Crippen LogP contribution in [0.25, 0.3) is 0 Å². The Morgan fingerprint density at radius 2 is 1.78 bits per heavy atom. The fourth-order valence-electron chi connectivity index (χ4n) is 1.48. The van der Waals surface area contributed by atoms with Crippen LogP contribution in [0.2, 0.25) is 0 Å². The Labute approximate surface area is 58.8 Å². The van der Waals surface area contributed by atoms with Crippen molar-refractivity contribution in [3.05, 3.63) is 12.1 Å². The second-order valence-electron chi connectivity index (χ2n) is 2.78. The van der Waals surface area contributed by atoms with Gasteiger partial charge in [-0.2, -0.15) is 0 Å². The highest BCUT2D eigenvalue weighted by atomic mass is 14.1. The maximum absolute atomic E-state index is 5.28. The lowest BCUT2D eigenvalue weighted by Crippen LogP contribution is -2.02. The van der Waals surface area contributed by atoms with Crippen molar-refractivity contribution >= 4 is 7.85 Å². The molecule has 48 valence electrons. The van der Waals surface area contributed by atoms with Gasteiger partial charge in [-0.15, -0.1) is 5.98 Å². The van der Waals surface area contributed by atoms with E-state index in [4.69, 9.17) is 7.85 Å². The molecule has 1 saturated carbocycles. The smallest absolute Gasteiger partial charge is 0.102 e. The van der Waals surface area contributed by atoms with Crippen molar-refractivity contribution in [3.8, 4) is 0 Å². The predicted molar refractivity (Wildman–Crippen MR) is 41.5 cm³/mol. The Balaban J connectivity index is 2.23. The van der Waals surface area contributed by atoms with E-state index in [1.165, 1.54) is 32.1 Å². The summed E-state index contributed by atoms with van der Waals surface area (Å²) < 4.78 is 0. The van der Waals surface area contributed by atoms with Crippen LogP contribution < -0.4 is 0 Å². The molecule has 1 rings (SSSR count). The molecule has 0 N–H and O–H groups in total. The summed E-state index contributed by atoms with van der Waals surface area (Å²) >= 11 is 0. The van der Waals surface area contributed by atoms with Gasteiger partial charge in [-0.1, -0.05) is 25.3 Å². The van der Waals surface area contributed by atoms with E-state index in [2.05, 4.69) is 6.08 Å². The van der Waals surface area contributed by atoms with Crippen LogP contribution in [0.3, 0.4) is 0 Å². The zero-order chi connectivity index (χ0) is 6.53. The lowest BCUT2D eigenvalue weighted by Gasteiger charge is -2.17. The highest BCUT2D eigenvalue weighted by molar-refractivity contribution is 6.16. The van der Waals surface area contributed by atoms with Gasteiger partial charge in [-0.3, -0.25) is 0 Å². The number of rotatable bonds is 1. The normalized spacial score (nSPS) is 23.1. The van der Waals surface area contributed by atoms with Gasteiger partial charge in [-0.05, 0) is 18.8 Å². The van der Waals surface area contributed by atoms with E-state index in [0.29, 0.717) is 0 Å². The minimum Gasteiger partial charge on any atom is -0.135 e. The molecule has 0 spiro atoms. The van der Waals surface area contributed by atoms with E-state index in [1.807, 2.05) is 0 Å². The van der Waals surface area contributed by atoms with Gasteiger partial charge in [0.25, 0.3) is 0 Å². The zero-order valence-corrected chi connectivity index (χ0v) is 5.84. The monoisotopic (exact) mass is 120 g/mol. The molecule has 0 aromatic carbocycles. The minimum absolute atomic E-state index is 0.795. The first-order chi connectivity index (χ1) is 4.43. The van der Waals surface area contributed by atoms with Crippen LogP contribution in [0.15, 0.2) is 12.1 Å². The summed E-state index contributed by atoms with van der Waals surface area (Å²) in [7, 11) is 5.28. The van der Waals surface area contributed by atoms with Gasteiger partial charge in [0.15, 0.2) is 0 Å². The molecule has 2 radical (unpaired) electrons. The fraction of sp³-hybridized carbons (Fsp3) is 0.750. The first-order valence-electron chi connectivity index (χ1n) is 3.82. The van der Waals surface area contributed by atoms with Gasteiger partial charge in [-0.25, -0.2) is 0 Å². The molecule has 0 aromatic rings. The predicted octanol–water partition coefficient (Wildman–Crippen LogP) is 2.25. The van der Waals surface area contributed by atoms with Crippen LogP contribution in [-0.4, -0.2) is 7.85 Å². The molecule has 0 nitrogen and oxygen atoms in total. The van der Waals surface area contributed by atoms with Crippen molar-refractivity contribution in [2.45, 2.75) is 32.1 Å². The molecule has 0 saturated heterocycles. The summed E-state index contributed by atoms with van der Waals surface area (Å²) in [6.45, 7) is 0. The van der Waals surface area contributed by atoms with Crippen molar-refractivity contribution in [2.75, 3.05) is 0 Å². The summed E-state index contributed by atoms with van der Waals surface area (Å²) in [5, 5.41) is 0. The number of hydrogen-bond acceptors (Lipinski definition) is 0. The molecule has 9 heavy (non-hydrogen) atoms. The Kier molecular flexibility index (Phi) is 2.89. The van der Waals surface area contributed by atoms with Crippen LogP contribution in [0, 0.1) is 5.92 Å². The van der Waals surface area contributed by atoms with Gasteiger partial charge in [0.2, 0.25) is 0 Å². The molecule has 0 bridgehead atoms. The Hall–Kier alpha value is -0.195. The van der Waals surface area contributed by atoms with Crippen LogP contribution in [0.1, 0.15) is 32.1 Å². The molecule has 1 aliphatic rings. The second-order valence-corrected chi connectivity index (χ2v) is 2.78. The van der Waals surface area contributed by atoms with E-state index in [-0.39, 0.29) is 0 Å². The quantitative estimate of drug-likeness (QED) is 0.465. The van der Waals surface area contributed by atoms with Crippen molar-refractivity contribution in [1.82, 2.24) is 0 Å². The second kappa shape index (κ2) is 3.76. The van der Waals surface area contributed by atoms with Crippen LogP contribution in [-0.2, 0) is 0 Å². The largest absolute Gasteiger partial charge is 0.135 e. The topological polar surface area (TPSA) is 0 Å². The first-order valence-corrected chi connectivity index (χ1v) is 3.82. The molecule has 0 aliphatic heterocycles. The van der Waals surface area contributed by atoms with Crippen LogP contribution >= 0.6 is 0 Å². The van der Waals surface area contributed by atoms with Crippen molar-refractivity contribution in [3.63, 3.8) is 0 Å². The summed E-state index contributed by atoms with van der Waals surface area (Å²) in [4.78, 5) is 0. The molecule has 1 aliphatic carbocycles. The number of hydrogen-bond donors (Lipinski definition) is 0. The Bertz CT molecular complexity index is 90.7. The van der Waals surface area contributed by atoms with E-state index < -0.39 is 0 Å². The Morgan fingerprint density at radius 3 is 2.33 bits per heavy atom. The van der Waals surface area contributed by atoms with Crippen molar-refractivity contribution in [1.29, 1.82) is 0 Å². The molecule has 0 aromatic heterocycles. The minimum atomic E-state index is 0.795. The summed E-state index contributed by atoms with van der Waals surface area (Å²) in [5.74, 6) is 2.49. The van der Waals surface area contributed by atoms with Gasteiger partial charge in [0, 0.05) is 0 Å². The van der Waals surface area contributed by atoms with Crippen molar-refractivity contribution < 1.29 is 0 Å². The zero-order valence-electron chi connectivity index (χ0n) is 5.84. The lowest BCUT2D eigenvalue weighted by atomic mass is 9.88. The number of allylic oxidation sites excluding steroid dienone is 1. The average Bonchev–Trinajstić information content (AvgIpc) is 1.91. The van der Waals surface area contributed by atoms with E-state index in [1.54, 1.807) is 5.98 Å². The highest BCUT2D eigenvalue weighted by Gasteiger charge is 2.08. The van der Waals surface area contributed by atoms with E-state index >= 15 is 0 Å². The molecular formula is C8H13B. The summed E-state index contributed by atoms with van der Waals surface area (Å²) in [5.41, 5.74) is 0. The average molecular weight is 120 g/mol. The maximum atomic E-state index is 5.28. The molecule has 1 fully saturated rings. The van der Waals surface area contributed by atoms with E-state index in [0.717, 1.165) is 5.92 Å². The third-order valence-electron chi connectivity index (χ3n) is 2.03. The first kappa shape index (κ1) is 6.92. The maximum Gasteiger partial charge on any atom is 0.102 e. The van der Waals surface area contributed by atoms with Crippen molar-refractivity contribution in [2.24, 2.45) is 5.92 Å². The molecule has 0 atom stereocenters. The molecule has 0 heterocycles. The standard InChI is InChI=1S/C8H13B/c9-7-6-8-4-2-1-3-5-8/h6-8H,1-5H2/b7-6+. The van der Waals surface area contributed by atoms with Gasteiger partial charge in [0.1, 0.15) is 7.85 Å². The SMILES string of the molecule is [B]/C=C/C1CCCCC1. The van der Waals surface area contributed by atoms with Crippen LogP contribution in [0.5, 0.6) is 0 Å².